The van der Waals surface area contributed by atoms with Gasteiger partial charge < -0.3 is 5.73 Å². The lowest BCUT2D eigenvalue weighted by Gasteiger charge is -2.11. The van der Waals surface area contributed by atoms with E-state index in [4.69, 9.17) is 5.73 Å². The SMILES string of the molecule is CCC(CC)CS(=O)c1cccc(C#CCN)c1. The molecule has 0 heterocycles. The third kappa shape index (κ3) is 4.64. The molecule has 0 fully saturated rings. The van der Waals surface area contributed by atoms with Crippen molar-refractivity contribution in [2.24, 2.45) is 11.7 Å². The second-order valence-corrected chi connectivity index (χ2v) is 5.72. The number of rotatable bonds is 5. The zero-order valence-corrected chi connectivity index (χ0v) is 11.9. The van der Waals surface area contributed by atoms with Crippen molar-refractivity contribution in [1.82, 2.24) is 0 Å². The zero-order valence-electron chi connectivity index (χ0n) is 11.1. The van der Waals surface area contributed by atoms with E-state index in [1.165, 1.54) is 0 Å². The molecule has 0 bridgehead atoms. The molecule has 0 aromatic heterocycles. The van der Waals surface area contributed by atoms with Crippen LogP contribution in [0.2, 0.25) is 0 Å². The van der Waals surface area contributed by atoms with E-state index >= 15 is 0 Å². The van der Waals surface area contributed by atoms with Crippen molar-refractivity contribution in [2.45, 2.75) is 31.6 Å². The van der Waals surface area contributed by atoms with Crippen LogP contribution in [0.5, 0.6) is 0 Å². The van der Waals surface area contributed by atoms with Gasteiger partial charge >= 0.3 is 0 Å². The van der Waals surface area contributed by atoms with Crippen LogP contribution in [0.3, 0.4) is 0 Å². The Balaban J connectivity index is 2.79. The molecule has 0 aliphatic rings. The first-order valence-electron chi connectivity index (χ1n) is 6.38. The van der Waals surface area contributed by atoms with Crippen molar-refractivity contribution in [3.8, 4) is 11.8 Å². The van der Waals surface area contributed by atoms with Crippen molar-refractivity contribution < 1.29 is 4.21 Å². The standard InChI is InChI=1S/C15H21NOS/c1-3-13(4-2)12-18(17)15-9-5-7-14(11-15)8-6-10-16/h5,7,9,11,13H,3-4,10,12,16H2,1-2H3. The summed E-state index contributed by atoms with van der Waals surface area (Å²) in [5.74, 6) is 7.05. The fourth-order valence-corrected chi connectivity index (χ4v) is 3.28. The molecule has 1 aromatic rings. The quantitative estimate of drug-likeness (QED) is 0.830. The summed E-state index contributed by atoms with van der Waals surface area (Å²) < 4.78 is 12.2. The minimum absolute atomic E-state index is 0.348. The maximum atomic E-state index is 12.2. The van der Waals surface area contributed by atoms with Gasteiger partial charge in [-0.25, -0.2) is 0 Å². The lowest BCUT2D eigenvalue weighted by atomic mass is 10.1. The molecule has 0 aliphatic heterocycles. The largest absolute Gasteiger partial charge is 0.320 e. The minimum Gasteiger partial charge on any atom is -0.320 e. The van der Waals surface area contributed by atoms with E-state index in [0.717, 1.165) is 29.1 Å². The first kappa shape index (κ1) is 14.9. The van der Waals surface area contributed by atoms with Crippen LogP contribution in [0.1, 0.15) is 32.3 Å². The number of benzene rings is 1. The normalized spacial score (nSPS) is 12.0. The van der Waals surface area contributed by atoms with Gasteiger partial charge in [-0.15, -0.1) is 0 Å². The summed E-state index contributed by atoms with van der Waals surface area (Å²) >= 11 is 0. The van der Waals surface area contributed by atoms with Crippen molar-refractivity contribution >= 4 is 10.8 Å². The van der Waals surface area contributed by atoms with E-state index in [2.05, 4.69) is 25.7 Å². The van der Waals surface area contributed by atoms with Gasteiger partial charge in [-0.2, -0.15) is 0 Å². The van der Waals surface area contributed by atoms with Gasteiger partial charge in [-0.05, 0) is 24.1 Å². The topological polar surface area (TPSA) is 43.1 Å². The lowest BCUT2D eigenvalue weighted by Crippen LogP contribution is -2.09. The molecule has 1 atom stereocenters. The molecule has 0 saturated heterocycles. The maximum Gasteiger partial charge on any atom is 0.0555 e. The molecule has 0 spiro atoms. The van der Waals surface area contributed by atoms with Crippen molar-refractivity contribution in [3.05, 3.63) is 29.8 Å². The molecule has 3 heteroatoms. The summed E-state index contributed by atoms with van der Waals surface area (Å²) in [6.07, 6.45) is 2.16. The third-order valence-electron chi connectivity index (χ3n) is 2.97. The van der Waals surface area contributed by atoms with E-state index < -0.39 is 10.8 Å². The average molecular weight is 263 g/mol. The summed E-state index contributed by atoms with van der Waals surface area (Å²) in [5, 5.41) is 0. The van der Waals surface area contributed by atoms with Gasteiger partial charge in [0, 0.05) is 16.2 Å². The highest BCUT2D eigenvalue weighted by molar-refractivity contribution is 7.85. The van der Waals surface area contributed by atoms with Gasteiger partial charge in [0.2, 0.25) is 0 Å². The Hall–Kier alpha value is -1.11. The first-order valence-corrected chi connectivity index (χ1v) is 7.70. The number of hydrogen-bond acceptors (Lipinski definition) is 2. The molecular formula is C15H21NOS. The fraction of sp³-hybridized carbons (Fsp3) is 0.467. The molecule has 0 amide bonds. The van der Waals surface area contributed by atoms with Crippen molar-refractivity contribution in [3.63, 3.8) is 0 Å². The maximum absolute atomic E-state index is 12.2. The Kier molecular flexibility index (Phi) is 6.70. The van der Waals surface area contributed by atoms with Crippen LogP contribution in [-0.4, -0.2) is 16.5 Å². The molecule has 0 saturated carbocycles. The van der Waals surface area contributed by atoms with Gasteiger partial charge in [-0.1, -0.05) is 44.6 Å². The highest BCUT2D eigenvalue weighted by Gasteiger charge is 2.10. The van der Waals surface area contributed by atoms with Crippen molar-refractivity contribution in [2.75, 3.05) is 12.3 Å². The van der Waals surface area contributed by atoms with Crippen LogP contribution >= 0.6 is 0 Å². The highest BCUT2D eigenvalue weighted by Crippen LogP contribution is 2.15. The Morgan fingerprint density at radius 2 is 2.06 bits per heavy atom. The summed E-state index contributed by atoms with van der Waals surface area (Å²) in [5.41, 5.74) is 6.23. The molecule has 2 N–H and O–H groups in total. The van der Waals surface area contributed by atoms with E-state index in [1.54, 1.807) is 0 Å². The van der Waals surface area contributed by atoms with E-state index in [9.17, 15) is 4.21 Å². The fourth-order valence-electron chi connectivity index (χ4n) is 1.70. The van der Waals surface area contributed by atoms with Gasteiger partial charge in [0.1, 0.15) is 0 Å². The molecule has 98 valence electrons. The summed E-state index contributed by atoms with van der Waals surface area (Å²) in [7, 11) is -0.928. The van der Waals surface area contributed by atoms with Crippen LogP contribution in [-0.2, 0) is 10.8 Å². The van der Waals surface area contributed by atoms with E-state index in [-0.39, 0.29) is 0 Å². The van der Waals surface area contributed by atoms with Crippen LogP contribution < -0.4 is 5.73 Å². The zero-order chi connectivity index (χ0) is 13.4. The van der Waals surface area contributed by atoms with Crippen LogP contribution in [0, 0.1) is 17.8 Å². The van der Waals surface area contributed by atoms with Gasteiger partial charge in [0.15, 0.2) is 0 Å². The van der Waals surface area contributed by atoms with Crippen LogP contribution in [0.15, 0.2) is 29.2 Å². The third-order valence-corrected chi connectivity index (χ3v) is 4.53. The van der Waals surface area contributed by atoms with Crippen LogP contribution in [0.25, 0.3) is 0 Å². The minimum atomic E-state index is -0.928. The average Bonchev–Trinajstić information content (AvgIpc) is 2.42. The Labute approximate surface area is 112 Å². The Morgan fingerprint density at radius 1 is 1.33 bits per heavy atom. The Bertz CT molecular complexity index is 455. The Morgan fingerprint density at radius 3 is 2.67 bits per heavy atom. The summed E-state index contributed by atoms with van der Waals surface area (Å²) in [6.45, 7) is 4.64. The van der Waals surface area contributed by atoms with Gasteiger partial charge in [-0.3, -0.25) is 4.21 Å². The van der Waals surface area contributed by atoms with Gasteiger partial charge in [0.25, 0.3) is 0 Å². The second kappa shape index (κ2) is 8.07. The molecular weight excluding hydrogens is 242 g/mol. The smallest absolute Gasteiger partial charge is 0.0555 e. The predicted molar refractivity (Wildman–Crippen MR) is 77.7 cm³/mol. The predicted octanol–water partition coefficient (Wildman–Crippen LogP) is 2.54. The molecule has 1 aromatic carbocycles. The first-order chi connectivity index (χ1) is 8.71. The molecule has 0 aliphatic carbocycles. The number of nitrogens with two attached hydrogens (primary N) is 1. The van der Waals surface area contributed by atoms with E-state index in [0.29, 0.717) is 12.5 Å². The molecule has 18 heavy (non-hydrogen) atoms. The molecule has 2 nitrogen and oxygen atoms in total. The van der Waals surface area contributed by atoms with Crippen molar-refractivity contribution in [1.29, 1.82) is 0 Å². The second-order valence-electron chi connectivity index (χ2n) is 4.23. The lowest BCUT2D eigenvalue weighted by molar-refractivity contribution is 0.544. The van der Waals surface area contributed by atoms with E-state index in [1.807, 2.05) is 24.3 Å². The van der Waals surface area contributed by atoms with Gasteiger partial charge in [0.05, 0.1) is 17.3 Å². The summed E-state index contributed by atoms with van der Waals surface area (Å²) in [6, 6.07) is 7.63. The van der Waals surface area contributed by atoms with Crippen LogP contribution in [0.4, 0.5) is 0 Å². The number of hydrogen-bond donors (Lipinski definition) is 1. The molecule has 1 rings (SSSR count). The highest BCUT2D eigenvalue weighted by atomic mass is 32.2. The molecule has 0 radical (unpaired) electrons. The monoisotopic (exact) mass is 263 g/mol. The molecule has 1 unspecified atom stereocenters. The summed E-state index contributed by atoms with van der Waals surface area (Å²) in [4.78, 5) is 0.866.